The number of nitrogens with zero attached hydrogens (tertiary/aromatic N) is 2. The Morgan fingerprint density at radius 3 is 2.25 bits per heavy atom. The molecule has 1 heterocycles. The summed E-state index contributed by atoms with van der Waals surface area (Å²) in [5.41, 5.74) is 2.14. The standard InChI is InChI=1S/C21H24BrN3O4.CO2/c1-15-2-4-18-11-16(3-5-17(18)10-15)14-29-21(28)25-8-6-24(7-9-25)20(27)13-23-19(26)12-22;2-1-3/h2-5,10-11H,6-9,12-14H2,1H3,(H,23,26);. The first-order valence-electron chi connectivity index (χ1n) is 9.88. The molecule has 1 aliphatic rings. The lowest BCUT2D eigenvalue weighted by molar-refractivity contribution is -0.191. The van der Waals surface area contributed by atoms with Crippen molar-refractivity contribution in [2.45, 2.75) is 13.5 Å². The third-order valence-corrected chi connectivity index (χ3v) is 5.38. The zero-order chi connectivity index (χ0) is 23.5. The van der Waals surface area contributed by atoms with Crippen molar-refractivity contribution < 1.29 is 28.7 Å². The fraction of sp³-hybridized carbons (Fsp3) is 0.364. The molecule has 0 aliphatic carbocycles. The van der Waals surface area contributed by atoms with Crippen molar-refractivity contribution in [3.8, 4) is 0 Å². The van der Waals surface area contributed by atoms with Crippen molar-refractivity contribution in [3.63, 3.8) is 0 Å². The number of carbonyl (C=O) groups excluding carboxylic acids is 5. The second kappa shape index (κ2) is 12.6. The number of carbonyl (C=O) groups is 3. The molecule has 9 nitrogen and oxygen atoms in total. The Labute approximate surface area is 193 Å². The lowest BCUT2D eigenvalue weighted by Crippen LogP contribution is -2.52. The number of halogens is 1. The first-order valence-corrected chi connectivity index (χ1v) is 11.0. The van der Waals surface area contributed by atoms with E-state index < -0.39 is 0 Å². The summed E-state index contributed by atoms with van der Waals surface area (Å²) in [6, 6.07) is 12.3. The van der Waals surface area contributed by atoms with Gasteiger partial charge in [-0.15, -0.1) is 0 Å². The number of amides is 3. The highest BCUT2D eigenvalue weighted by Gasteiger charge is 2.25. The maximum Gasteiger partial charge on any atom is 0.410 e. The highest BCUT2D eigenvalue weighted by Crippen LogP contribution is 2.18. The maximum absolute atomic E-state index is 12.3. The molecule has 0 saturated carbocycles. The Balaban J connectivity index is 0.00000114. The summed E-state index contributed by atoms with van der Waals surface area (Å²) in [7, 11) is 0. The quantitative estimate of drug-likeness (QED) is 0.620. The number of piperazine rings is 1. The molecule has 3 rings (SSSR count). The van der Waals surface area contributed by atoms with Crippen molar-refractivity contribution >= 4 is 50.8 Å². The van der Waals surface area contributed by atoms with Crippen LogP contribution in [0.25, 0.3) is 10.8 Å². The third-order valence-electron chi connectivity index (χ3n) is 4.87. The van der Waals surface area contributed by atoms with E-state index in [1.54, 1.807) is 9.80 Å². The Hall–Kier alpha value is -3.23. The summed E-state index contributed by atoms with van der Waals surface area (Å²) in [4.78, 5) is 55.2. The van der Waals surface area contributed by atoms with E-state index in [2.05, 4.69) is 46.4 Å². The van der Waals surface area contributed by atoms with Gasteiger partial charge in [-0.1, -0.05) is 51.8 Å². The fourth-order valence-corrected chi connectivity index (χ4v) is 3.41. The lowest BCUT2D eigenvalue weighted by Gasteiger charge is -2.34. The van der Waals surface area contributed by atoms with Crippen LogP contribution in [0.2, 0.25) is 0 Å². The van der Waals surface area contributed by atoms with Gasteiger partial charge in [0.25, 0.3) is 0 Å². The van der Waals surface area contributed by atoms with Gasteiger partial charge in [-0.25, -0.2) is 4.79 Å². The second-order valence-electron chi connectivity index (χ2n) is 7.10. The van der Waals surface area contributed by atoms with Gasteiger partial charge in [0.05, 0.1) is 11.9 Å². The predicted molar refractivity (Wildman–Crippen MR) is 119 cm³/mol. The van der Waals surface area contributed by atoms with E-state index >= 15 is 0 Å². The van der Waals surface area contributed by atoms with Crippen molar-refractivity contribution in [3.05, 3.63) is 47.5 Å². The molecule has 0 unspecified atom stereocenters. The monoisotopic (exact) mass is 505 g/mol. The van der Waals surface area contributed by atoms with Gasteiger partial charge in [-0.3, -0.25) is 9.59 Å². The molecule has 0 bridgehead atoms. The smallest absolute Gasteiger partial charge is 0.410 e. The molecule has 1 saturated heterocycles. The number of hydrogen-bond donors (Lipinski definition) is 1. The number of nitrogens with one attached hydrogen (secondary N) is 1. The van der Waals surface area contributed by atoms with Crippen molar-refractivity contribution in [2.75, 3.05) is 38.1 Å². The molecule has 2 aromatic rings. The van der Waals surface area contributed by atoms with Crippen LogP contribution in [-0.2, 0) is 30.5 Å². The van der Waals surface area contributed by atoms with Crippen LogP contribution in [0.5, 0.6) is 0 Å². The average Bonchev–Trinajstić information content (AvgIpc) is 2.81. The van der Waals surface area contributed by atoms with Crippen molar-refractivity contribution in [1.82, 2.24) is 15.1 Å². The number of hydrogen-bond acceptors (Lipinski definition) is 6. The first-order chi connectivity index (χ1) is 15.4. The average molecular weight is 506 g/mol. The third kappa shape index (κ3) is 7.47. The molecule has 2 aromatic carbocycles. The Bertz CT molecular complexity index is 998. The van der Waals surface area contributed by atoms with Gasteiger partial charge in [0.2, 0.25) is 11.8 Å². The number of aryl methyl sites for hydroxylation is 1. The van der Waals surface area contributed by atoms with E-state index in [0.717, 1.165) is 16.3 Å². The van der Waals surface area contributed by atoms with E-state index in [0.29, 0.717) is 26.2 Å². The fourth-order valence-electron chi connectivity index (χ4n) is 3.21. The summed E-state index contributed by atoms with van der Waals surface area (Å²) < 4.78 is 5.45. The molecule has 0 aromatic heterocycles. The molecular formula is C22H24BrN3O6. The molecule has 170 valence electrons. The van der Waals surface area contributed by atoms with Crippen molar-refractivity contribution in [1.29, 1.82) is 0 Å². The second-order valence-corrected chi connectivity index (χ2v) is 7.66. The van der Waals surface area contributed by atoms with Crippen LogP contribution in [0.1, 0.15) is 11.1 Å². The SMILES string of the molecule is Cc1ccc2cc(COC(=O)N3CCN(C(=O)CNC(=O)CBr)CC3)ccc2c1.O=C=O. The molecule has 10 heteroatoms. The van der Waals surface area contributed by atoms with Gasteiger partial charge in [0, 0.05) is 26.2 Å². The van der Waals surface area contributed by atoms with Crippen LogP contribution in [0.15, 0.2) is 36.4 Å². The van der Waals surface area contributed by atoms with E-state index in [4.69, 9.17) is 14.3 Å². The number of alkyl halides is 1. The zero-order valence-electron chi connectivity index (χ0n) is 17.6. The van der Waals surface area contributed by atoms with Crippen LogP contribution >= 0.6 is 15.9 Å². The summed E-state index contributed by atoms with van der Waals surface area (Å²) in [6.07, 6.45) is -0.131. The minimum absolute atomic E-state index is 0.0314. The van der Waals surface area contributed by atoms with Gasteiger partial charge >= 0.3 is 12.2 Å². The molecule has 0 radical (unpaired) electrons. The maximum atomic E-state index is 12.3. The molecule has 32 heavy (non-hydrogen) atoms. The van der Waals surface area contributed by atoms with E-state index in [-0.39, 0.29) is 42.5 Å². The Morgan fingerprint density at radius 2 is 1.59 bits per heavy atom. The molecule has 0 atom stereocenters. The molecule has 1 fully saturated rings. The Kier molecular flexibility index (Phi) is 9.84. The summed E-state index contributed by atoms with van der Waals surface area (Å²) in [5, 5.41) is 4.97. The van der Waals surface area contributed by atoms with Crippen LogP contribution in [0.3, 0.4) is 0 Å². The number of benzene rings is 2. The molecule has 0 spiro atoms. The van der Waals surface area contributed by atoms with Gasteiger partial charge < -0.3 is 19.9 Å². The summed E-state index contributed by atoms with van der Waals surface area (Å²) >= 11 is 3.04. The molecule has 3 amide bonds. The largest absolute Gasteiger partial charge is 0.445 e. The topological polar surface area (TPSA) is 113 Å². The van der Waals surface area contributed by atoms with Gasteiger partial charge in [0.15, 0.2) is 0 Å². The van der Waals surface area contributed by atoms with Crippen LogP contribution in [-0.4, -0.2) is 71.9 Å². The van der Waals surface area contributed by atoms with Gasteiger partial charge in [-0.2, -0.15) is 9.59 Å². The molecular weight excluding hydrogens is 482 g/mol. The highest BCUT2D eigenvalue weighted by atomic mass is 79.9. The first kappa shape index (κ1) is 25.0. The minimum atomic E-state index is -0.381. The highest BCUT2D eigenvalue weighted by molar-refractivity contribution is 9.09. The van der Waals surface area contributed by atoms with E-state index in [9.17, 15) is 14.4 Å². The predicted octanol–water partition coefficient (Wildman–Crippen LogP) is 1.86. The Morgan fingerprint density at radius 1 is 1.00 bits per heavy atom. The zero-order valence-corrected chi connectivity index (χ0v) is 19.2. The summed E-state index contributed by atoms with van der Waals surface area (Å²) in [5.74, 6) is -0.386. The molecule has 1 N–H and O–H groups in total. The lowest BCUT2D eigenvalue weighted by atomic mass is 10.1. The van der Waals surface area contributed by atoms with Gasteiger partial charge in [0.1, 0.15) is 6.61 Å². The molecule has 1 aliphatic heterocycles. The normalized spacial score (nSPS) is 12.9. The van der Waals surface area contributed by atoms with E-state index in [1.165, 1.54) is 5.56 Å². The van der Waals surface area contributed by atoms with Crippen LogP contribution in [0.4, 0.5) is 4.79 Å². The van der Waals surface area contributed by atoms with Crippen LogP contribution < -0.4 is 5.32 Å². The van der Waals surface area contributed by atoms with Gasteiger partial charge in [-0.05, 0) is 29.3 Å². The minimum Gasteiger partial charge on any atom is -0.445 e. The number of rotatable bonds is 5. The van der Waals surface area contributed by atoms with Crippen molar-refractivity contribution in [2.24, 2.45) is 0 Å². The van der Waals surface area contributed by atoms with E-state index in [1.807, 2.05) is 18.2 Å². The number of fused-ring (bicyclic) bond motifs is 1. The van der Waals surface area contributed by atoms with Crippen LogP contribution in [0, 0.1) is 6.92 Å². The number of ether oxygens (including phenoxy) is 1. The summed E-state index contributed by atoms with van der Waals surface area (Å²) in [6.45, 7) is 3.90.